The van der Waals surface area contributed by atoms with Crippen LogP contribution < -0.4 is 5.32 Å². The first kappa shape index (κ1) is 12.5. The summed E-state index contributed by atoms with van der Waals surface area (Å²) in [6, 6.07) is 0. The third kappa shape index (κ3) is 3.83. The summed E-state index contributed by atoms with van der Waals surface area (Å²) in [6.07, 6.45) is 0. The average Bonchev–Trinajstić information content (AvgIpc) is 2.54. The molecule has 1 aromatic rings. The fourth-order valence-corrected chi connectivity index (χ4v) is 2.16. The van der Waals surface area contributed by atoms with E-state index >= 15 is 0 Å². The molecule has 86 valence electrons. The lowest BCUT2D eigenvalue weighted by Gasteiger charge is -2.10. The Morgan fingerprint density at radius 3 is 2.73 bits per heavy atom. The van der Waals surface area contributed by atoms with Crippen LogP contribution in [0.3, 0.4) is 0 Å². The number of hydrogen-bond donors (Lipinski definition) is 1. The minimum absolute atomic E-state index is 0.659. The summed E-state index contributed by atoms with van der Waals surface area (Å²) in [6.45, 7) is 8.46. The highest BCUT2D eigenvalue weighted by Gasteiger charge is 2.08. The van der Waals surface area contributed by atoms with Gasteiger partial charge >= 0.3 is 0 Å². The molecule has 0 aliphatic heterocycles. The van der Waals surface area contributed by atoms with Crippen LogP contribution >= 0.6 is 11.8 Å². The first-order valence-corrected chi connectivity index (χ1v) is 6.33. The second-order valence-corrected chi connectivity index (χ2v) is 4.80. The minimum Gasteiger partial charge on any atom is -0.317 e. The zero-order valence-electron chi connectivity index (χ0n) is 9.95. The number of nitrogens with one attached hydrogen (secondary N) is 1. The van der Waals surface area contributed by atoms with E-state index in [1.54, 1.807) is 11.8 Å². The highest BCUT2D eigenvalue weighted by Crippen LogP contribution is 2.18. The molecule has 0 saturated heterocycles. The number of rotatable bonds is 6. The molecule has 4 nitrogen and oxygen atoms in total. The minimum atomic E-state index is 0.659. The van der Waals surface area contributed by atoms with Crippen molar-refractivity contribution in [3.05, 3.63) is 5.82 Å². The van der Waals surface area contributed by atoms with Crippen LogP contribution in [-0.4, -0.2) is 33.6 Å². The summed E-state index contributed by atoms with van der Waals surface area (Å²) in [7, 11) is 2.01. The predicted molar refractivity (Wildman–Crippen MR) is 64.2 cm³/mol. The van der Waals surface area contributed by atoms with Gasteiger partial charge in [0, 0.05) is 12.8 Å². The Morgan fingerprint density at radius 1 is 1.47 bits per heavy atom. The Bertz CT molecular complexity index is 298. The van der Waals surface area contributed by atoms with E-state index in [4.69, 9.17) is 0 Å². The SMILES string of the molecule is CCNCC(C)CSc1nnc(C)n1C. The molecule has 0 aliphatic rings. The molecule has 1 aromatic heterocycles. The zero-order chi connectivity index (χ0) is 11.3. The van der Waals surface area contributed by atoms with Gasteiger partial charge in [0.1, 0.15) is 5.82 Å². The van der Waals surface area contributed by atoms with Crippen LogP contribution in [0, 0.1) is 12.8 Å². The largest absolute Gasteiger partial charge is 0.317 e. The Hall–Kier alpha value is -0.550. The lowest BCUT2D eigenvalue weighted by molar-refractivity contribution is 0.573. The van der Waals surface area contributed by atoms with Gasteiger partial charge in [0.15, 0.2) is 5.16 Å². The van der Waals surface area contributed by atoms with Crippen molar-refractivity contribution in [3.8, 4) is 0 Å². The molecular weight excluding hydrogens is 208 g/mol. The molecule has 5 heteroatoms. The third-order valence-corrected chi connectivity index (χ3v) is 3.64. The molecule has 15 heavy (non-hydrogen) atoms. The van der Waals surface area contributed by atoms with Crippen molar-refractivity contribution in [2.45, 2.75) is 25.9 Å². The van der Waals surface area contributed by atoms with Crippen LogP contribution in [0.4, 0.5) is 0 Å². The maximum Gasteiger partial charge on any atom is 0.190 e. The lowest BCUT2D eigenvalue weighted by atomic mass is 10.2. The summed E-state index contributed by atoms with van der Waals surface area (Å²) in [4.78, 5) is 0. The van der Waals surface area contributed by atoms with E-state index in [9.17, 15) is 0 Å². The first-order chi connectivity index (χ1) is 7.15. The van der Waals surface area contributed by atoms with Crippen molar-refractivity contribution in [2.75, 3.05) is 18.8 Å². The quantitative estimate of drug-likeness (QED) is 0.749. The van der Waals surface area contributed by atoms with Crippen LogP contribution in [0.15, 0.2) is 5.16 Å². The van der Waals surface area contributed by atoms with Crippen molar-refractivity contribution in [1.29, 1.82) is 0 Å². The molecule has 1 N–H and O–H groups in total. The van der Waals surface area contributed by atoms with Gasteiger partial charge in [-0.15, -0.1) is 10.2 Å². The fourth-order valence-electron chi connectivity index (χ4n) is 1.18. The Balaban J connectivity index is 2.33. The second kappa shape index (κ2) is 6.12. The van der Waals surface area contributed by atoms with Gasteiger partial charge in [0.05, 0.1) is 0 Å². The van der Waals surface area contributed by atoms with E-state index in [1.165, 1.54) is 0 Å². The van der Waals surface area contributed by atoms with Crippen molar-refractivity contribution in [2.24, 2.45) is 13.0 Å². The number of nitrogens with zero attached hydrogens (tertiary/aromatic N) is 3. The van der Waals surface area contributed by atoms with Crippen molar-refractivity contribution in [3.63, 3.8) is 0 Å². The van der Waals surface area contributed by atoms with Gasteiger partial charge in [-0.25, -0.2) is 0 Å². The molecule has 0 saturated carbocycles. The van der Waals surface area contributed by atoms with E-state index in [0.29, 0.717) is 5.92 Å². The summed E-state index contributed by atoms with van der Waals surface area (Å²) < 4.78 is 2.03. The maximum absolute atomic E-state index is 4.12. The van der Waals surface area contributed by atoms with Crippen molar-refractivity contribution >= 4 is 11.8 Å². The number of aromatic nitrogens is 3. The van der Waals surface area contributed by atoms with E-state index in [2.05, 4.69) is 29.4 Å². The summed E-state index contributed by atoms with van der Waals surface area (Å²) >= 11 is 1.78. The zero-order valence-corrected chi connectivity index (χ0v) is 10.8. The van der Waals surface area contributed by atoms with Gasteiger partial charge in [-0.05, 0) is 25.9 Å². The van der Waals surface area contributed by atoms with Crippen LogP contribution in [0.5, 0.6) is 0 Å². The lowest BCUT2D eigenvalue weighted by Crippen LogP contribution is -2.21. The molecule has 1 atom stereocenters. The van der Waals surface area contributed by atoms with Crippen molar-refractivity contribution in [1.82, 2.24) is 20.1 Å². The maximum atomic E-state index is 4.12. The second-order valence-electron chi connectivity index (χ2n) is 3.81. The number of hydrogen-bond acceptors (Lipinski definition) is 4. The normalized spacial score (nSPS) is 13.1. The highest BCUT2D eigenvalue weighted by atomic mass is 32.2. The molecular formula is C10H20N4S. The predicted octanol–water partition coefficient (Wildman–Crippen LogP) is 1.46. The van der Waals surface area contributed by atoms with Gasteiger partial charge in [-0.2, -0.15) is 0 Å². The molecule has 0 radical (unpaired) electrons. The van der Waals surface area contributed by atoms with Crippen LogP contribution in [-0.2, 0) is 7.05 Å². The standard InChI is InChI=1S/C10H20N4S/c1-5-11-6-8(2)7-15-10-13-12-9(3)14(10)4/h8,11H,5-7H2,1-4H3. The Kier molecular flexibility index (Phi) is 5.11. The Labute approximate surface area is 95.9 Å². The highest BCUT2D eigenvalue weighted by molar-refractivity contribution is 7.99. The van der Waals surface area contributed by atoms with Crippen LogP contribution in [0.25, 0.3) is 0 Å². The summed E-state index contributed by atoms with van der Waals surface area (Å²) in [5.41, 5.74) is 0. The third-order valence-electron chi connectivity index (χ3n) is 2.29. The van der Waals surface area contributed by atoms with Gasteiger partial charge in [-0.1, -0.05) is 25.6 Å². The van der Waals surface area contributed by atoms with Crippen LogP contribution in [0.2, 0.25) is 0 Å². The fraction of sp³-hybridized carbons (Fsp3) is 0.800. The molecule has 0 bridgehead atoms. The van der Waals surface area contributed by atoms with Gasteiger partial charge in [-0.3, -0.25) is 0 Å². The first-order valence-electron chi connectivity index (χ1n) is 5.34. The average molecular weight is 228 g/mol. The van der Waals surface area contributed by atoms with E-state index < -0.39 is 0 Å². The molecule has 1 heterocycles. The van der Waals surface area contributed by atoms with E-state index in [0.717, 1.165) is 29.8 Å². The van der Waals surface area contributed by atoms with Gasteiger partial charge in [0.2, 0.25) is 0 Å². The van der Waals surface area contributed by atoms with Gasteiger partial charge in [0.25, 0.3) is 0 Å². The topological polar surface area (TPSA) is 42.7 Å². The molecule has 0 aromatic carbocycles. The molecule has 1 unspecified atom stereocenters. The van der Waals surface area contributed by atoms with E-state index in [1.807, 2.05) is 18.5 Å². The van der Waals surface area contributed by atoms with Crippen molar-refractivity contribution < 1.29 is 0 Å². The smallest absolute Gasteiger partial charge is 0.190 e. The van der Waals surface area contributed by atoms with Crippen LogP contribution in [0.1, 0.15) is 19.7 Å². The molecule has 0 aliphatic carbocycles. The van der Waals surface area contributed by atoms with E-state index in [-0.39, 0.29) is 0 Å². The molecule has 0 amide bonds. The summed E-state index contributed by atoms with van der Waals surface area (Å²) in [5.74, 6) is 2.71. The molecule has 1 rings (SSSR count). The molecule has 0 fully saturated rings. The summed E-state index contributed by atoms with van der Waals surface area (Å²) in [5, 5.41) is 12.5. The number of thioether (sulfide) groups is 1. The number of aryl methyl sites for hydroxylation is 1. The molecule has 0 spiro atoms. The Morgan fingerprint density at radius 2 is 2.20 bits per heavy atom. The van der Waals surface area contributed by atoms with Gasteiger partial charge < -0.3 is 9.88 Å². The monoisotopic (exact) mass is 228 g/mol.